The van der Waals surface area contributed by atoms with Gasteiger partial charge in [0.15, 0.2) is 46.5 Å². The van der Waals surface area contributed by atoms with Crippen molar-refractivity contribution in [1.29, 1.82) is 0 Å². The second-order valence-corrected chi connectivity index (χ2v) is 31.2. The topological polar surface area (TPSA) is 377 Å². The lowest BCUT2D eigenvalue weighted by Crippen LogP contribution is -2.47. The highest BCUT2D eigenvalue weighted by molar-refractivity contribution is 6.32. The van der Waals surface area contributed by atoms with Gasteiger partial charge in [-0.1, -0.05) is 80.4 Å². The van der Waals surface area contributed by atoms with Gasteiger partial charge in [0.25, 0.3) is 0 Å². The Bertz CT molecular complexity index is 6060. The zero-order valence-corrected chi connectivity index (χ0v) is 74.6. The third-order valence-corrected chi connectivity index (χ3v) is 21.0. The Hall–Kier alpha value is -15.6. The number of hydrogen-bond donors (Lipinski definition) is 13. The molecule has 3 fully saturated rings. The van der Waals surface area contributed by atoms with Crippen LogP contribution in [0.25, 0.3) is 0 Å². The number of ether oxygens (including phenoxy) is 3. The van der Waals surface area contributed by atoms with Crippen molar-refractivity contribution in [3.8, 4) is 17.2 Å². The van der Waals surface area contributed by atoms with Gasteiger partial charge >= 0.3 is 0 Å². The number of rotatable bonds is 34. The molecular weight excluding hydrogens is 1740 g/mol. The number of amides is 4. The number of β-amino-alcohol motifs (C(OH)–C–C–N with tert-alkyl or cyclic N) is 1. The van der Waals surface area contributed by atoms with Crippen molar-refractivity contribution in [1.82, 2.24) is 54.6 Å². The Kier molecular flexibility index (Phi) is 35.9. The number of benzene rings is 8. The predicted octanol–water partition coefficient (Wildman–Crippen LogP) is 18.1. The van der Waals surface area contributed by atoms with Gasteiger partial charge in [-0.2, -0.15) is 19.9 Å². The second-order valence-electron chi connectivity index (χ2n) is 30.8. The monoisotopic (exact) mass is 1840 g/mol. The first-order valence-corrected chi connectivity index (χ1v) is 43.1. The van der Waals surface area contributed by atoms with Crippen LogP contribution in [0.5, 0.6) is 17.2 Å². The zero-order valence-electron chi connectivity index (χ0n) is 73.9. The van der Waals surface area contributed by atoms with Gasteiger partial charge in [-0.15, -0.1) is 0 Å². The quantitative estimate of drug-likeness (QED) is 0.0132. The molecule has 3 saturated heterocycles. The largest absolute Gasteiger partial charge is 0.495 e. The van der Waals surface area contributed by atoms with Gasteiger partial charge in [0.1, 0.15) is 17.2 Å². The van der Waals surface area contributed by atoms with Gasteiger partial charge in [-0.25, -0.2) is 37.5 Å². The molecule has 32 nitrogen and oxygen atoms in total. The van der Waals surface area contributed by atoms with E-state index in [-0.39, 0.29) is 77.3 Å². The molecule has 134 heavy (non-hydrogen) atoms. The fourth-order valence-corrected chi connectivity index (χ4v) is 14.1. The SMILES string of the molecule is C=CC(=O)Nc1cccc(Nc2nc(Nc3ccc(Cl)c(OC)c3)ncc2F)c1.C=CC(=O)Nc1cccc(Nc2nc(Nc3cccc(N4CCN(CCO)CC4)c3)ncc2F)c1.C=CC(=O)Nc1cccc(Nc2nc(Nc3cccc(OCC4CCCN(C)C4)c3)ncc2F)c1.C=CC(=O)Nc1cccc(Nc2nc(Nc3cccc(OCC4CCN(C)CC4)c3)ncc2F)c1. The molecule has 15 rings (SSSR count). The maximum absolute atomic E-state index is 14.4. The number of nitrogens with zero attached hydrogens (tertiary/aromatic N) is 12. The summed E-state index contributed by atoms with van der Waals surface area (Å²) in [5, 5.41) is 44.2. The Labute approximate surface area is 777 Å². The fraction of sp³-hybridized carbons (Fsp3) is 0.216. The second kappa shape index (κ2) is 49.4. The van der Waals surface area contributed by atoms with Crippen LogP contribution in [0.4, 0.5) is 139 Å². The highest BCUT2D eigenvalue weighted by Crippen LogP contribution is 2.34. The first kappa shape index (κ1) is 97.4. The molecule has 1 unspecified atom stereocenters. The molecule has 694 valence electrons. The number of nitrogens with one attached hydrogen (secondary N) is 12. The average Bonchev–Trinajstić information content (AvgIpc) is 0.878. The molecule has 3 aliphatic rings. The molecule has 0 saturated carbocycles. The van der Waals surface area contributed by atoms with Crippen LogP contribution in [0.15, 0.2) is 263 Å². The van der Waals surface area contributed by atoms with Gasteiger partial charge < -0.3 is 97.8 Å². The van der Waals surface area contributed by atoms with Crippen molar-refractivity contribution in [3.05, 3.63) is 292 Å². The van der Waals surface area contributed by atoms with Crippen molar-refractivity contribution < 1.29 is 56.1 Å². The van der Waals surface area contributed by atoms with Crippen LogP contribution in [0.3, 0.4) is 0 Å². The Balaban J connectivity index is 0.000000161. The lowest BCUT2D eigenvalue weighted by atomic mass is 9.98. The molecule has 37 heteroatoms. The van der Waals surface area contributed by atoms with Crippen molar-refractivity contribution >= 4 is 156 Å². The van der Waals surface area contributed by atoms with Gasteiger partial charge in [0.05, 0.1) is 56.7 Å². The molecule has 7 heterocycles. The summed E-state index contributed by atoms with van der Waals surface area (Å²) in [6.45, 7) is 23.8. The standard InChI is InChI=1S/2C26H29FN6O2.C25H28FN7O2.C20H17ClFN5O2/c1-3-24(34)29-19-8-4-9-20(13-19)30-25-23(27)15-28-26(32-25)31-21-10-5-11-22(14-21)35-17-18-7-6-12-33(2)16-18;1-3-24(34)29-19-6-4-7-20(14-19)30-25-23(27)16-28-26(32-25)31-21-8-5-9-22(15-21)35-17-18-10-12-33(2)13-11-18;1-2-23(35)28-18-5-3-6-19(15-18)29-24-22(26)17-27-25(31-24)30-20-7-4-8-21(16-20)33-11-9-32(10-12-33)13-14-34;1-3-18(28)24-12-5-4-6-13(9-12)25-19-16(22)11-23-20(27-19)26-14-7-8-15(21)17(10-14)29-2/h3-5,8-11,13-15,18H,1,6-7,12,16-17H2,2H3,(H,29,34)(H2,28,30,31,32);3-9,14-16,18H,1,10-13,17H2,2H3,(H,29,34)(H2,28,30,31,32);2-8,15-17,34H,1,9-14H2,(H,28,35)(H2,27,29,30,31);3-11H,1H2,2H3,(H,24,28)(H2,23,25,26,27). The number of piperidine rings is 2. The Morgan fingerprint density at radius 2 is 0.754 bits per heavy atom. The zero-order chi connectivity index (χ0) is 94.7. The molecule has 0 spiro atoms. The van der Waals surface area contributed by atoms with E-state index in [2.05, 4.69) is 164 Å². The minimum absolute atomic E-state index is 0.00326. The molecule has 0 aliphatic carbocycles. The van der Waals surface area contributed by atoms with E-state index in [9.17, 15) is 36.7 Å². The fourth-order valence-electron chi connectivity index (χ4n) is 13.9. The third-order valence-electron chi connectivity index (χ3n) is 20.7. The first-order chi connectivity index (χ1) is 65.0. The average molecular weight is 1840 g/mol. The summed E-state index contributed by atoms with van der Waals surface area (Å²) in [7, 11) is 5.79. The van der Waals surface area contributed by atoms with Crippen LogP contribution in [-0.4, -0.2) is 183 Å². The van der Waals surface area contributed by atoms with Crippen molar-refractivity contribution in [3.63, 3.8) is 0 Å². The van der Waals surface area contributed by atoms with E-state index in [1.807, 2.05) is 72.8 Å². The molecule has 3 aliphatic heterocycles. The smallest absolute Gasteiger partial charge is 0.247 e. The molecule has 13 N–H and O–H groups in total. The van der Waals surface area contributed by atoms with Gasteiger partial charge in [-0.3, -0.25) is 24.1 Å². The van der Waals surface area contributed by atoms with E-state index < -0.39 is 23.3 Å². The molecule has 0 bridgehead atoms. The molecule has 0 radical (unpaired) electrons. The molecule has 4 aromatic heterocycles. The van der Waals surface area contributed by atoms with Crippen LogP contribution < -0.4 is 82.9 Å². The number of likely N-dealkylation sites (tertiary alicyclic amines) is 2. The molecule has 8 aromatic carbocycles. The van der Waals surface area contributed by atoms with Gasteiger partial charge in [-0.05, 0) is 217 Å². The molecular formula is C97H103ClF4N24O8. The minimum atomic E-state index is -0.634. The minimum Gasteiger partial charge on any atom is -0.495 e. The third kappa shape index (κ3) is 30.8. The van der Waals surface area contributed by atoms with E-state index in [0.717, 1.165) is 130 Å². The Morgan fingerprint density at radius 1 is 0.410 bits per heavy atom. The summed E-state index contributed by atoms with van der Waals surface area (Å²) in [5.74, 6) is 0.128. The summed E-state index contributed by atoms with van der Waals surface area (Å²) < 4.78 is 74.6. The van der Waals surface area contributed by atoms with Crippen molar-refractivity contribution in [2.75, 3.05) is 169 Å². The van der Waals surface area contributed by atoms with E-state index in [1.165, 1.54) is 38.2 Å². The number of aromatic nitrogens is 8. The van der Waals surface area contributed by atoms with Crippen LogP contribution >= 0.6 is 11.6 Å². The van der Waals surface area contributed by atoms with E-state index in [4.69, 9.17) is 30.9 Å². The molecule has 1 atom stereocenters. The molecule has 12 aromatic rings. The highest BCUT2D eigenvalue weighted by Gasteiger charge is 2.23. The van der Waals surface area contributed by atoms with Crippen molar-refractivity contribution in [2.45, 2.75) is 25.7 Å². The number of anilines is 21. The lowest BCUT2D eigenvalue weighted by Gasteiger charge is -2.35. The van der Waals surface area contributed by atoms with E-state index in [1.54, 1.807) is 115 Å². The maximum Gasteiger partial charge on any atom is 0.247 e. The van der Waals surface area contributed by atoms with Crippen LogP contribution in [0.1, 0.15) is 25.7 Å². The summed E-state index contributed by atoms with van der Waals surface area (Å²) in [5.41, 5.74) is 8.30. The maximum atomic E-state index is 14.4. The number of halogens is 5. The number of piperazine rings is 1. The first-order valence-electron chi connectivity index (χ1n) is 42.7. The number of carbonyl (C=O) groups is 4. The summed E-state index contributed by atoms with van der Waals surface area (Å²) >= 11 is 6.01. The summed E-state index contributed by atoms with van der Waals surface area (Å²) in [6.07, 6.45) is 13.7. The number of aliphatic hydroxyl groups excluding tert-OH is 1. The number of carbonyl (C=O) groups excluding carboxylic acids is 4. The van der Waals surface area contributed by atoms with Gasteiger partial charge in [0, 0.05) is 137 Å². The van der Waals surface area contributed by atoms with Crippen LogP contribution in [0.2, 0.25) is 5.02 Å². The normalized spacial score (nSPS) is 13.6. The predicted molar refractivity (Wildman–Crippen MR) is 520 cm³/mol. The summed E-state index contributed by atoms with van der Waals surface area (Å²) in [4.78, 5) is 88.3. The van der Waals surface area contributed by atoms with E-state index >= 15 is 0 Å². The number of methoxy groups -OCH3 is 1. The van der Waals surface area contributed by atoms with Crippen molar-refractivity contribution in [2.24, 2.45) is 11.8 Å². The number of aliphatic hydroxyl groups is 1. The lowest BCUT2D eigenvalue weighted by molar-refractivity contribution is -0.112. The van der Waals surface area contributed by atoms with Crippen LogP contribution in [-0.2, 0) is 19.2 Å². The number of hydrogen-bond acceptors (Lipinski definition) is 28. The Morgan fingerprint density at radius 3 is 1.12 bits per heavy atom. The van der Waals surface area contributed by atoms with Gasteiger partial charge in [0.2, 0.25) is 47.4 Å². The summed E-state index contributed by atoms with van der Waals surface area (Å²) in [6, 6.07) is 55.4. The van der Waals surface area contributed by atoms with E-state index in [0.29, 0.717) is 93.6 Å². The van der Waals surface area contributed by atoms with Crippen LogP contribution in [0, 0.1) is 35.1 Å². The highest BCUT2D eigenvalue weighted by atomic mass is 35.5. The molecule has 4 amide bonds.